The zero-order chi connectivity index (χ0) is 21.3. The van der Waals surface area contributed by atoms with Crippen molar-refractivity contribution in [3.8, 4) is 5.75 Å². The van der Waals surface area contributed by atoms with E-state index in [1.165, 1.54) is 23.9 Å². The maximum atomic E-state index is 13.1. The Kier molecular flexibility index (Phi) is 5.92. The van der Waals surface area contributed by atoms with Crippen LogP contribution in [-0.4, -0.2) is 23.0 Å². The third-order valence-electron chi connectivity index (χ3n) is 4.79. The van der Waals surface area contributed by atoms with Gasteiger partial charge in [0.05, 0.1) is 12.7 Å². The van der Waals surface area contributed by atoms with E-state index in [9.17, 15) is 14.0 Å². The first-order valence-electron chi connectivity index (χ1n) is 9.09. The molecule has 0 bridgehead atoms. The molecule has 1 atom stereocenters. The highest BCUT2D eigenvalue weighted by Crippen LogP contribution is 2.39. The maximum absolute atomic E-state index is 13.1. The average Bonchev–Trinajstić information content (AvgIpc) is 2.72. The number of hydrogen-bond acceptors (Lipinski definition) is 5. The zero-order valence-corrected chi connectivity index (χ0v) is 18.3. The largest absolute Gasteiger partial charge is 0.496 e. The van der Waals surface area contributed by atoms with Crippen molar-refractivity contribution in [3.05, 3.63) is 79.8 Å². The summed E-state index contributed by atoms with van der Waals surface area (Å²) < 4.78 is 19.3. The van der Waals surface area contributed by atoms with E-state index in [4.69, 9.17) is 4.74 Å². The van der Waals surface area contributed by atoms with E-state index in [0.29, 0.717) is 22.2 Å². The molecule has 1 aliphatic heterocycles. The van der Waals surface area contributed by atoms with Gasteiger partial charge in [0.15, 0.2) is 5.16 Å². The van der Waals surface area contributed by atoms with Gasteiger partial charge in [-0.3, -0.25) is 9.59 Å². The van der Waals surface area contributed by atoms with Crippen LogP contribution >= 0.6 is 27.7 Å². The van der Waals surface area contributed by atoms with E-state index in [1.807, 2.05) is 12.1 Å². The first-order valence-corrected chi connectivity index (χ1v) is 10.9. The lowest BCUT2D eigenvalue weighted by Gasteiger charge is -2.25. The van der Waals surface area contributed by atoms with Crippen molar-refractivity contribution in [1.29, 1.82) is 0 Å². The number of rotatable bonds is 5. The summed E-state index contributed by atoms with van der Waals surface area (Å²) in [5.41, 5.74) is 1.72. The summed E-state index contributed by atoms with van der Waals surface area (Å²) in [7, 11) is 1.55. The van der Waals surface area contributed by atoms with Crippen molar-refractivity contribution in [2.75, 3.05) is 12.4 Å². The Morgan fingerprint density at radius 2 is 2.00 bits per heavy atom. The second-order valence-corrected chi connectivity index (χ2v) is 8.62. The van der Waals surface area contributed by atoms with Crippen LogP contribution < -0.4 is 15.6 Å². The molecular formula is C21H17BrFN3O3S. The number of fused-ring (bicyclic) bond motifs is 1. The van der Waals surface area contributed by atoms with E-state index in [0.717, 1.165) is 15.6 Å². The Hall–Kier alpha value is -2.65. The molecule has 0 spiro atoms. The second kappa shape index (κ2) is 8.61. The fraction of sp³-hybridized carbons (Fsp3) is 0.190. The molecule has 0 saturated heterocycles. The quantitative estimate of drug-likeness (QED) is 0.408. The number of nitrogens with one attached hydrogen (secondary N) is 2. The lowest BCUT2D eigenvalue weighted by Crippen LogP contribution is -2.31. The van der Waals surface area contributed by atoms with Crippen LogP contribution in [0.2, 0.25) is 0 Å². The van der Waals surface area contributed by atoms with Crippen molar-refractivity contribution < 1.29 is 13.9 Å². The van der Waals surface area contributed by atoms with Gasteiger partial charge in [-0.2, -0.15) is 0 Å². The van der Waals surface area contributed by atoms with Gasteiger partial charge in [0, 0.05) is 28.1 Å². The SMILES string of the molecule is COc1ccc(Br)cc1[C@H]1CC(=O)Nc2nc(SCc3ccc(F)cc3)[nH]c(=O)c21. The van der Waals surface area contributed by atoms with Crippen LogP contribution in [0, 0.1) is 5.82 Å². The van der Waals surface area contributed by atoms with Crippen molar-refractivity contribution >= 4 is 39.4 Å². The minimum absolute atomic E-state index is 0.118. The Labute approximate surface area is 184 Å². The van der Waals surface area contributed by atoms with E-state index in [1.54, 1.807) is 25.3 Å². The van der Waals surface area contributed by atoms with Gasteiger partial charge in [-0.15, -0.1) is 0 Å². The van der Waals surface area contributed by atoms with E-state index in [-0.39, 0.29) is 29.5 Å². The summed E-state index contributed by atoms with van der Waals surface area (Å²) >= 11 is 4.74. The van der Waals surface area contributed by atoms with Crippen LogP contribution in [0.5, 0.6) is 5.75 Å². The summed E-state index contributed by atoms with van der Waals surface area (Å²) in [5, 5.41) is 3.09. The van der Waals surface area contributed by atoms with Gasteiger partial charge in [-0.1, -0.05) is 39.8 Å². The highest BCUT2D eigenvalue weighted by atomic mass is 79.9. The molecule has 1 amide bonds. The molecule has 3 aromatic rings. The predicted octanol–water partition coefficient (Wildman–Crippen LogP) is 4.45. The molecule has 2 heterocycles. The first-order chi connectivity index (χ1) is 14.4. The van der Waals surface area contributed by atoms with Gasteiger partial charge in [0.1, 0.15) is 17.4 Å². The molecule has 0 saturated carbocycles. The number of anilines is 1. The van der Waals surface area contributed by atoms with Gasteiger partial charge in [-0.05, 0) is 35.9 Å². The van der Waals surface area contributed by atoms with Crippen LogP contribution in [0.3, 0.4) is 0 Å². The Morgan fingerprint density at radius 3 is 2.73 bits per heavy atom. The van der Waals surface area contributed by atoms with Crippen molar-refractivity contribution in [1.82, 2.24) is 9.97 Å². The molecule has 4 rings (SSSR count). The number of carbonyl (C=O) groups is 1. The number of hydrogen-bond donors (Lipinski definition) is 2. The van der Waals surface area contributed by atoms with Crippen molar-refractivity contribution in [3.63, 3.8) is 0 Å². The lowest BCUT2D eigenvalue weighted by molar-refractivity contribution is -0.116. The Bertz CT molecular complexity index is 1170. The topological polar surface area (TPSA) is 84.1 Å². The lowest BCUT2D eigenvalue weighted by atomic mass is 9.86. The van der Waals surface area contributed by atoms with Gasteiger partial charge in [0.25, 0.3) is 5.56 Å². The van der Waals surface area contributed by atoms with Crippen molar-refractivity contribution in [2.24, 2.45) is 0 Å². The van der Waals surface area contributed by atoms with Crippen LogP contribution in [0.1, 0.15) is 29.0 Å². The highest BCUT2D eigenvalue weighted by Gasteiger charge is 2.32. The normalized spacial score (nSPS) is 15.4. The molecule has 0 fully saturated rings. The van der Waals surface area contributed by atoms with Crippen LogP contribution in [0.15, 0.2) is 56.9 Å². The van der Waals surface area contributed by atoms with Crippen LogP contribution in [0.4, 0.5) is 10.2 Å². The smallest absolute Gasteiger partial charge is 0.257 e. The number of ether oxygens (including phenoxy) is 1. The monoisotopic (exact) mass is 489 g/mol. The summed E-state index contributed by atoms with van der Waals surface area (Å²) in [6.07, 6.45) is 0.118. The molecule has 0 aliphatic carbocycles. The predicted molar refractivity (Wildman–Crippen MR) is 117 cm³/mol. The third-order valence-corrected chi connectivity index (χ3v) is 6.22. The zero-order valence-electron chi connectivity index (χ0n) is 15.9. The molecule has 2 aromatic carbocycles. The van der Waals surface area contributed by atoms with Crippen LogP contribution in [0.25, 0.3) is 0 Å². The van der Waals surface area contributed by atoms with Gasteiger partial charge in [-0.25, -0.2) is 9.37 Å². The first kappa shape index (κ1) is 20.6. The number of benzene rings is 2. The minimum Gasteiger partial charge on any atom is -0.496 e. The maximum Gasteiger partial charge on any atom is 0.257 e. The van der Waals surface area contributed by atoms with E-state index < -0.39 is 5.92 Å². The number of H-pyrrole nitrogens is 1. The molecule has 30 heavy (non-hydrogen) atoms. The summed E-state index contributed by atoms with van der Waals surface area (Å²) in [5.74, 6) is 0.344. The molecule has 0 radical (unpaired) electrons. The van der Waals surface area contributed by atoms with Gasteiger partial charge >= 0.3 is 0 Å². The summed E-state index contributed by atoms with van der Waals surface area (Å²) in [6, 6.07) is 11.6. The third kappa shape index (κ3) is 4.27. The minimum atomic E-state index is -0.478. The molecule has 9 heteroatoms. The molecule has 6 nitrogen and oxygen atoms in total. The molecule has 0 unspecified atom stereocenters. The molecule has 2 N–H and O–H groups in total. The number of halogens is 2. The number of methoxy groups -OCH3 is 1. The number of amides is 1. The number of aromatic amines is 1. The molecule has 1 aromatic heterocycles. The average molecular weight is 490 g/mol. The second-order valence-electron chi connectivity index (χ2n) is 6.74. The number of carbonyl (C=O) groups excluding carboxylic acids is 1. The molecule has 1 aliphatic rings. The number of aromatic nitrogens is 2. The summed E-state index contributed by atoms with van der Waals surface area (Å²) in [4.78, 5) is 32.6. The van der Waals surface area contributed by atoms with Gasteiger partial charge < -0.3 is 15.0 Å². The van der Waals surface area contributed by atoms with E-state index >= 15 is 0 Å². The molecular weight excluding hydrogens is 473 g/mol. The Balaban J connectivity index is 1.69. The fourth-order valence-electron chi connectivity index (χ4n) is 3.39. The fourth-order valence-corrected chi connectivity index (χ4v) is 4.59. The van der Waals surface area contributed by atoms with Crippen molar-refractivity contribution in [2.45, 2.75) is 23.2 Å². The highest BCUT2D eigenvalue weighted by molar-refractivity contribution is 9.10. The standard InChI is InChI=1S/C21H17BrFN3O3S/c1-29-16-7-4-12(22)8-14(16)15-9-17(27)24-19-18(15)20(28)26-21(25-19)30-10-11-2-5-13(23)6-3-11/h2-8,15H,9-10H2,1H3,(H2,24,25,26,27,28)/t15-/m1/s1. The van der Waals surface area contributed by atoms with Gasteiger partial charge in [0.2, 0.25) is 5.91 Å². The molecule has 154 valence electrons. The summed E-state index contributed by atoms with van der Waals surface area (Å²) in [6.45, 7) is 0. The van der Waals surface area contributed by atoms with Crippen LogP contribution in [-0.2, 0) is 10.5 Å². The number of thioether (sulfide) groups is 1. The number of nitrogens with zero attached hydrogens (tertiary/aromatic N) is 1. The van der Waals surface area contributed by atoms with E-state index in [2.05, 4.69) is 31.2 Å². The Morgan fingerprint density at radius 1 is 1.23 bits per heavy atom.